The lowest BCUT2D eigenvalue weighted by Crippen LogP contribution is -2.48. The second-order valence-electron chi connectivity index (χ2n) is 5.27. The molecule has 0 aromatic heterocycles. The number of carbonyl (C=O) groups excluding carboxylic acids is 1. The molecular weight excluding hydrogens is 240 g/mol. The molecule has 1 atom stereocenters. The molecule has 0 radical (unpaired) electrons. The van der Waals surface area contributed by atoms with Crippen LogP contribution in [0.5, 0.6) is 0 Å². The maximum absolute atomic E-state index is 12.2. The van der Waals surface area contributed by atoms with Gasteiger partial charge in [0.15, 0.2) is 9.84 Å². The molecular formula is C11H22N2O3S. The molecule has 1 rings (SSSR count). The Morgan fingerprint density at radius 3 is 2.53 bits per heavy atom. The van der Waals surface area contributed by atoms with E-state index in [4.69, 9.17) is 5.73 Å². The molecule has 100 valence electrons. The van der Waals surface area contributed by atoms with Crippen LogP contribution in [-0.2, 0) is 14.6 Å². The summed E-state index contributed by atoms with van der Waals surface area (Å²) in [5.74, 6) is 0.124. The molecule has 2 N–H and O–H groups in total. The van der Waals surface area contributed by atoms with Crippen LogP contribution >= 0.6 is 0 Å². The van der Waals surface area contributed by atoms with Crippen LogP contribution in [0.2, 0.25) is 0 Å². The van der Waals surface area contributed by atoms with Crippen molar-refractivity contribution in [1.29, 1.82) is 0 Å². The smallest absolute Gasteiger partial charge is 0.243 e. The summed E-state index contributed by atoms with van der Waals surface area (Å²) in [5.41, 5.74) is 5.49. The van der Waals surface area contributed by atoms with E-state index in [9.17, 15) is 13.2 Å². The molecule has 0 bridgehead atoms. The zero-order valence-corrected chi connectivity index (χ0v) is 11.6. The average molecular weight is 262 g/mol. The standard InChI is InChI=1S/C11H22N2O3S/c1-11(2,17(3,15)16)10(14)13-7-5-9(8-13)4-6-12/h9H,4-8,12H2,1-3H3. The lowest BCUT2D eigenvalue weighted by molar-refractivity contribution is -0.132. The largest absolute Gasteiger partial charge is 0.341 e. The minimum Gasteiger partial charge on any atom is -0.341 e. The average Bonchev–Trinajstić information content (AvgIpc) is 2.64. The predicted molar refractivity (Wildman–Crippen MR) is 67.3 cm³/mol. The van der Waals surface area contributed by atoms with Gasteiger partial charge in [-0.25, -0.2) is 8.42 Å². The highest BCUT2D eigenvalue weighted by atomic mass is 32.2. The molecule has 1 saturated heterocycles. The first-order chi connectivity index (χ1) is 7.70. The van der Waals surface area contributed by atoms with Gasteiger partial charge in [0.25, 0.3) is 0 Å². The number of nitrogens with zero attached hydrogens (tertiary/aromatic N) is 1. The Labute approximate surface area is 103 Å². The van der Waals surface area contributed by atoms with Gasteiger partial charge in [0, 0.05) is 19.3 Å². The summed E-state index contributed by atoms with van der Waals surface area (Å²) in [7, 11) is -3.38. The highest BCUT2D eigenvalue weighted by Gasteiger charge is 2.42. The third kappa shape index (κ3) is 2.98. The SMILES string of the molecule is CC(C)(C(=O)N1CCC(CCN)C1)S(C)(=O)=O. The van der Waals surface area contributed by atoms with Gasteiger partial charge < -0.3 is 10.6 Å². The highest BCUT2D eigenvalue weighted by Crippen LogP contribution is 2.25. The lowest BCUT2D eigenvalue weighted by atomic mass is 10.1. The summed E-state index contributed by atoms with van der Waals surface area (Å²) in [4.78, 5) is 13.8. The van der Waals surface area contributed by atoms with E-state index in [1.54, 1.807) is 4.90 Å². The van der Waals surface area contributed by atoms with Crippen LogP contribution in [-0.4, -0.2) is 49.9 Å². The van der Waals surface area contributed by atoms with Crippen LogP contribution in [0.15, 0.2) is 0 Å². The third-order valence-electron chi connectivity index (χ3n) is 3.59. The monoisotopic (exact) mass is 262 g/mol. The zero-order chi connectivity index (χ0) is 13.3. The van der Waals surface area contributed by atoms with Crippen molar-refractivity contribution in [2.24, 2.45) is 11.7 Å². The second kappa shape index (κ2) is 4.94. The number of carbonyl (C=O) groups is 1. The van der Waals surface area contributed by atoms with E-state index in [-0.39, 0.29) is 5.91 Å². The molecule has 1 amide bonds. The van der Waals surface area contributed by atoms with Gasteiger partial charge in [0.2, 0.25) is 5.91 Å². The summed E-state index contributed by atoms with van der Waals surface area (Å²) in [6, 6.07) is 0. The van der Waals surface area contributed by atoms with E-state index in [1.165, 1.54) is 13.8 Å². The fourth-order valence-corrected chi connectivity index (χ4v) is 2.47. The fraction of sp³-hybridized carbons (Fsp3) is 0.909. The molecule has 5 nitrogen and oxygen atoms in total. The lowest BCUT2D eigenvalue weighted by Gasteiger charge is -2.27. The quantitative estimate of drug-likeness (QED) is 0.773. The van der Waals surface area contributed by atoms with Crippen molar-refractivity contribution in [2.45, 2.75) is 31.4 Å². The van der Waals surface area contributed by atoms with Crippen LogP contribution < -0.4 is 5.73 Å². The number of hydrogen-bond donors (Lipinski definition) is 1. The molecule has 1 fully saturated rings. The predicted octanol–water partition coefficient (Wildman–Crippen LogP) is 0.00690. The first-order valence-corrected chi connectivity index (χ1v) is 7.78. The maximum Gasteiger partial charge on any atom is 0.243 e. The Morgan fingerprint density at radius 2 is 2.06 bits per heavy atom. The van der Waals surface area contributed by atoms with Crippen molar-refractivity contribution in [3.05, 3.63) is 0 Å². The number of nitrogens with two attached hydrogens (primary N) is 1. The van der Waals surface area contributed by atoms with Gasteiger partial charge in [-0.15, -0.1) is 0 Å². The molecule has 0 aromatic carbocycles. The number of amides is 1. The fourth-order valence-electron chi connectivity index (χ4n) is 2.03. The topological polar surface area (TPSA) is 80.5 Å². The number of hydrogen-bond acceptors (Lipinski definition) is 4. The maximum atomic E-state index is 12.2. The van der Waals surface area contributed by atoms with Crippen molar-refractivity contribution in [3.63, 3.8) is 0 Å². The van der Waals surface area contributed by atoms with E-state index < -0.39 is 14.6 Å². The highest BCUT2D eigenvalue weighted by molar-refractivity contribution is 7.92. The molecule has 1 unspecified atom stereocenters. The molecule has 0 aromatic rings. The van der Waals surface area contributed by atoms with Gasteiger partial charge in [-0.3, -0.25) is 4.79 Å². The van der Waals surface area contributed by atoms with Gasteiger partial charge >= 0.3 is 0 Å². The first kappa shape index (κ1) is 14.4. The summed E-state index contributed by atoms with van der Waals surface area (Å²) in [6.45, 7) is 4.83. The van der Waals surface area contributed by atoms with E-state index in [0.29, 0.717) is 25.6 Å². The minimum absolute atomic E-state index is 0.292. The Hall–Kier alpha value is -0.620. The Bertz CT molecular complexity index is 390. The Balaban J connectivity index is 2.73. The van der Waals surface area contributed by atoms with Crippen LogP contribution in [0, 0.1) is 5.92 Å². The van der Waals surface area contributed by atoms with Crippen LogP contribution in [0.4, 0.5) is 0 Å². The minimum atomic E-state index is -3.38. The van der Waals surface area contributed by atoms with E-state index >= 15 is 0 Å². The van der Waals surface area contributed by atoms with Gasteiger partial charge in [-0.05, 0) is 39.2 Å². The molecule has 0 aliphatic carbocycles. The van der Waals surface area contributed by atoms with Crippen molar-refractivity contribution in [2.75, 3.05) is 25.9 Å². The third-order valence-corrected chi connectivity index (χ3v) is 5.62. The summed E-state index contributed by atoms with van der Waals surface area (Å²) >= 11 is 0. The van der Waals surface area contributed by atoms with Gasteiger partial charge in [0.05, 0.1) is 0 Å². The Morgan fingerprint density at radius 1 is 1.47 bits per heavy atom. The molecule has 1 aliphatic rings. The molecule has 17 heavy (non-hydrogen) atoms. The molecule has 1 heterocycles. The van der Waals surface area contributed by atoms with Crippen LogP contribution in [0.3, 0.4) is 0 Å². The van der Waals surface area contributed by atoms with Crippen molar-refractivity contribution in [3.8, 4) is 0 Å². The number of likely N-dealkylation sites (tertiary alicyclic amines) is 1. The summed E-state index contributed by atoms with van der Waals surface area (Å²) in [5, 5.41) is 0. The van der Waals surface area contributed by atoms with Crippen LogP contribution in [0.25, 0.3) is 0 Å². The molecule has 0 spiro atoms. The van der Waals surface area contributed by atoms with E-state index in [0.717, 1.165) is 19.1 Å². The molecule has 1 aliphatic heterocycles. The normalized spacial score (nSPS) is 21.9. The van der Waals surface area contributed by atoms with Gasteiger partial charge in [0.1, 0.15) is 4.75 Å². The van der Waals surface area contributed by atoms with Gasteiger partial charge in [-0.1, -0.05) is 0 Å². The summed E-state index contributed by atoms with van der Waals surface area (Å²) < 4.78 is 21.9. The molecule has 0 saturated carbocycles. The molecule has 6 heteroatoms. The van der Waals surface area contributed by atoms with E-state index in [2.05, 4.69) is 0 Å². The Kier molecular flexibility index (Phi) is 4.19. The van der Waals surface area contributed by atoms with Gasteiger partial charge in [-0.2, -0.15) is 0 Å². The number of sulfone groups is 1. The summed E-state index contributed by atoms with van der Waals surface area (Å²) in [6.07, 6.45) is 2.92. The first-order valence-electron chi connectivity index (χ1n) is 5.89. The zero-order valence-electron chi connectivity index (χ0n) is 10.8. The van der Waals surface area contributed by atoms with E-state index in [1.807, 2.05) is 0 Å². The van der Waals surface area contributed by atoms with Crippen LogP contribution in [0.1, 0.15) is 26.7 Å². The van der Waals surface area contributed by atoms with Crippen molar-refractivity contribution < 1.29 is 13.2 Å². The number of rotatable bonds is 4. The van der Waals surface area contributed by atoms with Crippen molar-refractivity contribution >= 4 is 15.7 Å². The second-order valence-corrected chi connectivity index (χ2v) is 7.83. The van der Waals surface area contributed by atoms with Crippen molar-refractivity contribution in [1.82, 2.24) is 4.90 Å².